The highest BCUT2D eigenvalue weighted by atomic mass is 16.5. The number of phenolic OH excluding ortho intramolecular Hbond substituents is 1. The largest absolute Gasteiger partial charge is 0.504 e. The van der Waals surface area contributed by atoms with Gasteiger partial charge in [0.2, 0.25) is 0 Å². The Bertz CT molecular complexity index is 1320. The van der Waals surface area contributed by atoms with Crippen LogP contribution in [0.5, 0.6) is 11.5 Å². The van der Waals surface area contributed by atoms with Gasteiger partial charge in [-0.15, -0.1) is 0 Å². The zero-order chi connectivity index (χ0) is 20.7. The van der Waals surface area contributed by atoms with E-state index >= 15 is 0 Å². The zero-order valence-electron chi connectivity index (χ0n) is 15.6. The van der Waals surface area contributed by atoms with Gasteiger partial charge in [-0.3, -0.25) is 4.79 Å². The third-order valence-electron chi connectivity index (χ3n) is 4.47. The molecule has 0 aliphatic rings. The molecule has 0 aliphatic carbocycles. The van der Waals surface area contributed by atoms with Gasteiger partial charge < -0.3 is 20.6 Å². The SMILES string of the molecule is COc1ccc(-c2nc(C(N)=O)c3[nH]c(=O)n(-c4cccc(C)c4)c3n2)cc1O. The second-order valence-corrected chi connectivity index (χ2v) is 6.45. The fourth-order valence-electron chi connectivity index (χ4n) is 3.13. The van der Waals surface area contributed by atoms with Crippen LogP contribution in [-0.4, -0.2) is 37.6 Å². The molecule has 0 atom stereocenters. The number of amides is 1. The molecule has 29 heavy (non-hydrogen) atoms. The number of H-pyrrole nitrogens is 1. The highest BCUT2D eigenvalue weighted by Crippen LogP contribution is 2.31. The molecule has 0 bridgehead atoms. The lowest BCUT2D eigenvalue weighted by molar-refractivity contribution is 0.0997. The van der Waals surface area contributed by atoms with Crippen LogP contribution in [0.3, 0.4) is 0 Å². The van der Waals surface area contributed by atoms with Gasteiger partial charge in [0.05, 0.1) is 12.8 Å². The van der Waals surface area contributed by atoms with Crippen LogP contribution in [0.2, 0.25) is 0 Å². The minimum atomic E-state index is -0.811. The van der Waals surface area contributed by atoms with E-state index in [0.29, 0.717) is 11.3 Å². The molecule has 9 nitrogen and oxygen atoms in total. The van der Waals surface area contributed by atoms with Crippen LogP contribution in [0.25, 0.3) is 28.2 Å². The summed E-state index contributed by atoms with van der Waals surface area (Å²) in [6.07, 6.45) is 0. The number of nitrogens with zero attached hydrogens (tertiary/aromatic N) is 3. The van der Waals surface area contributed by atoms with Crippen LogP contribution in [0, 0.1) is 6.92 Å². The molecule has 0 radical (unpaired) electrons. The molecule has 4 aromatic rings. The predicted molar refractivity (Wildman–Crippen MR) is 106 cm³/mol. The quantitative estimate of drug-likeness (QED) is 0.486. The van der Waals surface area contributed by atoms with Crippen molar-refractivity contribution in [2.75, 3.05) is 7.11 Å². The Labute approximate surface area is 164 Å². The Balaban J connectivity index is 2.03. The average molecular weight is 391 g/mol. The summed E-state index contributed by atoms with van der Waals surface area (Å²) in [7, 11) is 1.43. The third kappa shape index (κ3) is 3.08. The predicted octanol–water partition coefficient (Wildman–Crippen LogP) is 1.90. The Morgan fingerprint density at radius 2 is 2.00 bits per heavy atom. The summed E-state index contributed by atoms with van der Waals surface area (Å²) in [5.74, 6) is -0.513. The van der Waals surface area contributed by atoms with Crippen molar-refractivity contribution in [3.05, 3.63) is 64.2 Å². The summed E-state index contributed by atoms with van der Waals surface area (Å²) >= 11 is 0. The molecule has 2 aromatic heterocycles. The van der Waals surface area contributed by atoms with Gasteiger partial charge in [-0.1, -0.05) is 12.1 Å². The van der Waals surface area contributed by atoms with E-state index in [2.05, 4.69) is 15.0 Å². The van der Waals surface area contributed by atoms with Gasteiger partial charge >= 0.3 is 5.69 Å². The van der Waals surface area contributed by atoms with Crippen molar-refractivity contribution in [1.82, 2.24) is 19.5 Å². The normalized spacial score (nSPS) is 11.0. The van der Waals surface area contributed by atoms with Crippen molar-refractivity contribution in [3.63, 3.8) is 0 Å². The van der Waals surface area contributed by atoms with Crippen LogP contribution in [0.4, 0.5) is 0 Å². The number of aromatic nitrogens is 4. The lowest BCUT2D eigenvalue weighted by atomic mass is 10.1. The number of aromatic hydroxyl groups is 1. The number of fused-ring (bicyclic) bond motifs is 1. The summed E-state index contributed by atoms with van der Waals surface area (Å²) < 4.78 is 6.39. The van der Waals surface area contributed by atoms with E-state index in [4.69, 9.17) is 10.5 Å². The molecule has 0 aliphatic heterocycles. The molecular weight excluding hydrogens is 374 g/mol. The van der Waals surface area contributed by atoms with Gasteiger partial charge in [0.15, 0.2) is 28.7 Å². The fourth-order valence-corrected chi connectivity index (χ4v) is 3.13. The van der Waals surface area contributed by atoms with Gasteiger partial charge in [0.1, 0.15) is 5.52 Å². The van der Waals surface area contributed by atoms with Crippen molar-refractivity contribution in [1.29, 1.82) is 0 Å². The maximum Gasteiger partial charge on any atom is 0.332 e. The van der Waals surface area contributed by atoms with E-state index in [9.17, 15) is 14.7 Å². The number of carbonyl (C=O) groups is 1. The number of methoxy groups -OCH3 is 1. The monoisotopic (exact) mass is 391 g/mol. The molecule has 0 saturated carbocycles. The average Bonchev–Trinajstić information content (AvgIpc) is 3.02. The fraction of sp³-hybridized carbons (Fsp3) is 0.100. The smallest absolute Gasteiger partial charge is 0.332 e. The first-order valence-electron chi connectivity index (χ1n) is 8.66. The minimum absolute atomic E-state index is 0.112. The van der Waals surface area contributed by atoms with Crippen LogP contribution >= 0.6 is 0 Å². The Morgan fingerprint density at radius 3 is 2.66 bits per heavy atom. The van der Waals surface area contributed by atoms with E-state index in [-0.39, 0.29) is 34.2 Å². The first kappa shape index (κ1) is 18.2. The Morgan fingerprint density at radius 1 is 1.21 bits per heavy atom. The Hall–Kier alpha value is -4.14. The zero-order valence-corrected chi connectivity index (χ0v) is 15.6. The minimum Gasteiger partial charge on any atom is -0.504 e. The third-order valence-corrected chi connectivity index (χ3v) is 4.47. The van der Waals surface area contributed by atoms with E-state index < -0.39 is 11.6 Å². The molecule has 1 amide bonds. The lowest BCUT2D eigenvalue weighted by Crippen LogP contribution is -2.15. The highest BCUT2D eigenvalue weighted by Gasteiger charge is 2.20. The second kappa shape index (κ2) is 6.79. The number of hydrogen-bond donors (Lipinski definition) is 3. The number of phenols is 1. The first-order chi connectivity index (χ1) is 13.9. The van der Waals surface area contributed by atoms with Crippen LogP contribution in [0.1, 0.15) is 16.1 Å². The number of benzene rings is 2. The van der Waals surface area contributed by atoms with Gasteiger partial charge in [0.25, 0.3) is 5.91 Å². The molecule has 4 rings (SSSR count). The number of aromatic amines is 1. The molecule has 146 valence electrons. The number of aryl methyl sites for hydroxylation is 1. The number of carbonyl (C=O) groups excluding carboxylic acids is 1. The molecule has 0 spiro atoms. The first-order valence-corrected chi connectivity index (χ1v) is 8.66. The molecule has 0 unspecified atom stereocenters. The van der Waals surface area contributed by atoms with E-state index in [1.165, 1.54) is 17.7 Å². The topological polar surface area (TPSA) is 136 Å². The molecular formula is C20H17N5O4. The van der Waals surface area contributed by atoms with E-state index in [1.807, 2.05) is 25.1 Å². The van der Waals surface area contributed by atoms with Crippen LogP contribution in [-0.2, 0) is 0 Å². The molecule has 0 fully saturated rings. The maximum absolute atomic E-state index is 12.6. The van der Waals surface area contributed by atoms with Gasteiger partial charge in [0, 0.05) is 5.56 Å². The van der Waals surface area contributed by atoms with Crippen molar-refractivity contribution < 1.29 is 14.6 Å². The van der Waals surface area contributed by atoms with Crippen molar-refractivity contribution in [2.24, 2.45) is 5.73 Å². The molecule has 4 N–H and O–H groups in total. The van der Waals surface area contributed by atoms with Gasteiger partial charge in [-0.05, 0) is 42.8 Å². The number of nitrogens with one attached hydrogen (secondary N) is 1. The van der Waals surface area contributed by atoms with Crippen LogP contribution in [0.15, 0.2) is 47.3 Å². The lowest BCUT2D eigenvalue weighted by Gasteiger charge is -2.08. The number of rotatable bonds is 4. The van der Waals surface area contributed by atoms with Crippen molar-refractivity contribution in [2.45, 2.75) is 6.92 Å². The molecule has 2 aromatic carbocycles. The van der Waals surface area contributed by atoms with Crippen molar-refractivity contribution >= 4 is 17.1 Å². The summed E-state index contributed by atoms with van der Waals surface area (Å²) in [4.78, 5) is 36.0. The number of ether oxygens (including phenoxy) is 1. The highest BCUT2D eigenvalue weighted by molar-refractivity contribution is 6.02. The second-order valence-electron chi connectivity index (χ2n) is 6.45. The van der Waals surface area contributed by atoms with Crippen molar-refractivity contribution in [3.8, 4) is 28.6 Å². The van der Waals surface area contributed by atoms with E-state index in [1.54, 1.807) is 18.2 Å². The van der Waals surface area contributed by atoms with Gasteiger partial charge in [-0.2, -0.15) is 0 Å². The number of primary amides is 1. The standard InChI is InChI=1S/C20H17N5O4/c1-10-4-3-5-12(8-10)25-19-16(23-20(25)28)15(17(21)27)22-18(24-19)11-6-7-14(29-2)13(26)9-11/h3-9,26H,1-2H3,(H2,21,27)(H,23,28). The Kier molecular flexibility index (Phi) is 4.27. The van der Waals surface area contributed by atoms with Crippen LogP contribution < -0.4 is 16.2 Å². The summed E-state index contributed by atoms with van der Waals surface area (Å²) in [6.45, 7) is 1.90. The summed E-state index contributed by atoms with van der Waals surface area (Å²) in [5.41, 5.74) is 7.21. The van der Waals surface area contributed by atoms with Gasteiger partial charge in [-0.25, -0.2) is 19.3 Å². The van der Waals surface area contributed by atoms with E-state index in [0.717, 1.165) is 5.56 Å². The number of imidazole rings is 1. The summed E-state index contributed by atoms with van der Waals surface area (Å²) in [6, 6.07) is 11.9. The summed E-state index contributed by atoms with van der Waals surface area (Å²) in [5, 5.41) is 10.1. The molecule has 0 saturated heterocycles. The molecule has 2 heterocycles. The molecule has 9 heteroatoms. The maximum atomic E-state index is 12.6. The number of hydrogen-bond acceptors (Lipinski definition) is 6. The number of nitrogens with two attached hydrogens (primary N) is 1.